The molecule has 1 rings (SSSR count). The molecule has 0 aliphatic rings. The molecule has 108 valence electrons. The minimum atomic E-state index is 0.765. The van der Waals surface area contributed by atoms with Crippen LogP contribution in [0.5, 0.6) is 0 Å². The van der Waals surface area contributed by atoms with Gasteiger partial charge in [0.15, 0.2) is 0 Å². The molecule has 0 saturated heterocycles. The van der Waals surface area contributed by atoms with Crippen LogP contribution in [0.2, 0.25) is 0 Å². The van der Waals surface area contributed by atoms with Crippen LogP contribution in [0.4, 0.5) is 0 Å². The summed E-state index contributed by atoms with van der Waals surface area (Å²) in [4.78, 5) is 5.20. The van der Waals surface area contributed by atoms with Gasteiger partial charge in [0.25, 0.3) is 0 Å². The van der Waals surface area contributed by atoms with Crippen LogP contribution in [0.1, 0.15) is 22.2 Å². The molecule has 4 heteroatoms. The van der Waals surface area contributed by atoms with E-state index in [0.717, 1.165) is 39.3 Å². The standard InChI is InChI=1S/C15H26N2OS/c1-5-7-17(8-9-18-4)12-14-10-15(11-16-6-2)19-13(14)3/h5,10,16H,1,6-9,11-12H2,2-4H3. The number of nitrogens with one attached hydrogen (secondary N) is 1. The Morgan fingerprint density at radius 2 is 2.32 bits per heavy atom. The molecule has 0 aromatic carbocycles. The summed E-state index contributed by atoms with van der Waals surface area (Å²) >= 11 is 1.89. The lowest BCUT2D eigenvalue weighted by atomic mass is 10.2. The summed E-state index contributed by atoms with van der Waals surface area (Å²) < 4.78 is 5.16. The lowest BCUT2D eigenvalue weighted by molar-refractivity contribution is 0.151. The zero-order valence-electron chi connectivity index (χ0n) is 12.4. The molecule has 0 unspecified atom stereocenters. The second kappa shape index (κ2) is 9.26. The third-order valence-electron chi connectivity index (χ3n) is 3.01. The first-order valence-electron chi connectivity index (χ1n) is 6.82. The van der Waals surface area contributed by atoms with E-state index in [1.165, 1.54) is 15.3 Å². The number of ether oxygens (including phenoxy) is 1. The van der Waals surface area contributed by atoms with Crippen LogP contribution >= 0.6 is 11.3 Å². The summed E-state index contributed by atoms with van der Waals surface area (Å²) in [7, 11) is 1.75. The fraction of sp³-hybridized carbons (Fsp3) is 0.600. The monoisotopic (exact) mass is 282 g/mol. The van der Waals surface area contributed by atoms with Crippen molar-refractivity contribution in [3.05, 3.63) is 34.0 Å². The Morgan fingerprint density at radius 1 is 1.53 bits per heavy atom. The predicted octanol–water partition coefficient (Wildman–Crippen LogP) is 2.80. The first-order valence-corrected chi connectivity index (χ1v) is 7.64. The van der Waals surface area contributed by atoms with Crippen LogP contribution in [0.25, 0.3) is 0 Å². The number of hydrogen-bond acceptors (Lipinski definition) is 4. The maximum atomic E-state index is 5.16. The number of nitrogens with zero attached hydrogens (tertiary/aromatic N) is 1. The van der Waals surface area contributed by atoms with Gasteiger partial charge in [0.05, 0.1) is 6.61 Å². The van der Waals surface area contributed by atoms with Crippen LogP contribution in [0.15, 0.2) is 18.7 Å². The molecule has 0 spiro atoms. The summed E-state index contributed by atoms with van der Waals surface area (Å²) in [5, 5.41) is 3.38. The molecular formula is C15H26N2OS. The highest BCUT2D eigenvalue weighted by Crippen LogP contribution is 2.22. The first kappa shape index (κ1) is 16.4. The molecule has 0 bridgehead atoms. The van der Waals surface area contributed by atoms with E-state index in [1.807, 2.05) is 17.4 Å². The van der Waals surface area contributed by atoms with Gasteiger partial charge >= 0.3 is 0 Å². The van der Waals surface area contributed by atoms with Gasteiger partial charge in [-0.25, -0.2) is 0 Å². The Kier molecular flexibility index (Phi) is 7.98. The Labute approximate surface area is 121 Å². The van der Waals surface area contributed by atoms with Crippen molar-refractivity contribution in [2.45, 2.75) is 26.9 Å². The number of rotatable bonds is 10. The van der Waals surface area contributed by atoms with E-state index in [2.05, 4.69) is 36.7 Å². The lowest BCUT2D eigenvalue weighted by Crippen LogP contribution is -2.27. The van der Waals surface area contributed by atoms with Crippen molar-refractivity contribution in [1.82, 2.24) is 10.2 Å². The minimum absolute atomic E-state index is 0.765. The van der Waals surface area contributed by atoms with Gasteiger partial charge < -0.3 is 10.1 Å². The van der Waals surface area contributed by atoms with Crippen molar-refractivity contribution < 1.29 is 4.74 Å². The molecule has 0 radical (unpaired) electrons. The highest BCUT2D eigenvalue weighted by molar-refractivity contribution is 7.12. The molecule has 0 saturated carbocycles. The van der Waals surface area contributed by atoms with E-state index in [1.54, 1.807) is 7.11 Å². The van der Waals surface area contributed by atoms with E-state index >= 15 is 0 Å². The molecule has 1 aromatic heterocycles. The van der Waals surface area contributed by atoms with Gasteiger partial charge in [0.1, 0.15) is 0 Å². The zero-order chi connectivity index (χ0) is 14.1. The maximum Gasteiger partial charge on any atom is 0.0589 e. The summed E-state index contributed by atoms with van der Waals surface area (Å²) in [6.45, 7) is 13.8. The van der Waals surface area contributed by atoms with Crippen molar-refractivity contribution in [2.24, 2.45) is 0 Å². The molecule has 0 fully saturated rings. The molecule has 0 aliphatic heterocycles. The largest absolute Gasteiger partial charge is 0.383 e. The highest BCUT2D eigenvalue weighted by atomic mass is 32.1. The van der Waals surface area contributed by atoms with E-state index < -0.39 is 0 Å². The first-order chi connectivity index (χ1) is 9.21. The SMILES string of the molecule is C=CCN(CCOC)Cc1cc(CNCC)sc1C. The van der Waals surface area contributed by atoms with Crippen LogP contribution in [-0.4, -0.2) is 38.3 Å². The fourth-order valence-electron chi connectivity index (χ4n) is 1.96. The lowest BCUT2D eigenvalue weighted by Gasteiger charge is -2.20. The molecule has 1 heterocycles. The summed E-state index contributed by atoms with van der Waals surface area (Å²) in [6, 6.07) is 2.32. The Balaban J connectivity index is 2.61. The van der Waals surface area contributed by atoms with E-state index in [9.17, 15) is 0 Å². The molecule has 1 N–H and O–H groups in total. The van der Waals surface area contributed by atoms with Gasteiger partial charge in [0.2, 0.25) is 0 Å². The van der Waals surface area contributed by atoms with Crippen molar-refractivity contribution in [3.8, 4) is 0 Å². The molecule has 0 amide bonds. The molecular weight excluding hydrogens is 256 g/mol. The van der Waals surface area contributed by atoms with Gasteiger partial charge in [-0.3, -0.25) is 4.90 Å². The van der Waals surface area contributed by atoms with Crippen LogP contribution in [-0.2, 0) is 17.8 Å². The second-order valence-corrected chi connectivity index (χ2v) is 5.93. The number of aryl methyl sites for hydroxylation is 1. The molecule has 0 aliphatic carbocycles. The van der Waals surface area contributed by atoms with E-state index in [4.69, 9.17) is 4.74 Å². The van der Waals surface area contributed by atoms with Crippen LogP contribution in [0, 0.1) is 6.92 Å². The Hall–Kier alpha value is -0.680. The fourth-order valence-corrected chi connectivity index (χ4v) is 2.98. The van der Waals surface area contributed by atoms with Crippen LogP contribution in [0.3, 0.4) is 0 Å². The Morgan fingerprint density at radius 3 is 2.95 bits per heavy atom. The van der Waals surface area contributed by atoms with Gasteiger partial charge in [-0.15, -0.1) is 17.9 Å². The number of hydrogen-bond donors (Lipinski definition) is 1. The summed E-state index contributed by atoms with van der Waals surface area (Å²) in [5.74, 6) is 0. The van der Waals surface area contributed by atoms with Gasteiger partial charge in [-0.05, 0) is 25.1 Å². The van der Waals surface area contributed by atoms with Gasteiger partial charge in [-0.1, -0.05) is 13.0 Å². The summed E-state index contributed by atoms with van der Waals surface area (Å²) in [5.41, 5.74) is 1.43. The van der Waals surface area contributed by atoms with Gasteiger partial charge in [-0.2, -0.15) is 0 Å². The van der Waals surface area contributed by atoms with Gasteiger partial charge in [0, 0.05) is 43.0 Å². The van der Waals surface area contributed by atoms with E-state index in [-0.39, 0.29) is 0 Å². The smallest absolute Gasteiger partial charge is 0.0589 e. The van der Waals surface area contributed by atoms with Crippen molar-refractivity contribution in [1.29, 1.82) is 0 Å². The van der Waals surface area contributed by atoms with Crippen LogP contribution < -0.4 is 5.32 Å². The topological polar surface area (TPSA) is 24.5 Å². The quantitative estimate of drug-likeness (QED) is 0.668. The highest BCUT2D eigenvalue weighted by Gasteiger charge is 2.09. The third kappa shape index (κ3) is 5.87. The average Bonchev–Trinajstić information content (AvgIpc) is 2.74. The number of thiophene rings is 1. The van der Waals surface area contributed by atoms with Crippen molar-refractivity contribution >= 4 is 11.3 Å². The molecule has 19 heavy (non-hydrogen) atoms. The zero-order valence-corrected chi connectivity index (χ0v) is 13.2. The molecule has 0 atom stereocenters. The van der Waals surface area contributed by atoms with E-state index in [0.29, 0.717) is 0 Å². The van der Waals surface area contributed by atoms with Crippen molar-refractivity contribution in [2.75, 3.05) is 33.4 Å². The molecule has 3 nitrogen and oxygen atoms in total. The number of methoxy groups -OCH3 is 1. The minimum Gasteiger partial charge on any atom is -0.383 e. The second-order valence-electron chi connectivity index (χ2n) is 4.59. The normalized spacial score (nSPS) is 11.2. The maximum absolute atomic E-state index is 5.16. The Bertz CT molecular complexity index is 376. The van der Waals surface area contributed by atoms with Crippen molar-refractivity contribution in [3.63, 3.8) is 0 Å². The molecule has 1 aromatic rings. The third-order valence-corrected chi connectivity index (χ3v) is 4.11. The average molecular weight is 282 g/mol. The predicted molar refractivity (Wildman–Crippen MR) is 83.8 cm³/mol. The summed E-state index contributed by atoms with van der Waals surface area (Å²) in [6.07, 6.45) is 1.96.